The van der Waals surface area contributed by atoms with Gasteiger partial charge in [0.2, 0.25) is 5.88 Å². The first kappa shape index (κ1) is 15.3. The molecule has 1 aromatic heterocycles. The van der Waals surface area contributed by atoms with Gasteiger partial charge in [0.1, 0.15) is 12.7 Å². The van der Waals surface area contributed by atoms with Gasteiger partial charge >= 0.3 is 6.09 Å². The van der Waals surface area contributed by atoms with Crippen molar-refractivity contribution < 1.29 is 14.3 Å². The summed E-state index contributed by atoms with van der Waals surface area (Å²) >= 11 is 0. The van der Waals surface area contributed by atoms with Crippen LogP contribution >= 0.6 is 0 Å². The second-order valence-corrected chi connectivity index (χ2v) is 5.53. The quantitative estimate of drug-likeness (QED) is 0.868. The van der Waals surface area contributed by atoms with Crippen molar-refractivity contribution in [1.82, 2.24) is 15.1 Å². The molecule has 0 aliphatic carbocycles. The number of ether oxygens (including phenoxy) is 2. The van der Waals surface area contributed by atoms with Crippen LogP contribution in [-0.2, 0) is 11.3 Å². The average molecular weight is 313 g/mol. The summed E-state index contributed by atoms with van der Waals surface area (Å²) in [4.78, 5) is 13.7. The normalized spacial score (nSPS) is 17.1. The molecule has 0 saturated carbocycles. The van der Waals surface area contributed by atoms with Crippen LogP contribution in [0.25, 0.3) is 0 Å². The van der Waals surface area contributed by atoms with Crippen molar-refractivity contribution in [3.8, 4) is 5.88 Å². The summed E-state index contributed by atoms with van der Waals surface area (Å²) in [5, 5.41) is 7.94. The Bertz CT molecular complexity index is 646. The minimum atomic E-state index is -0.310. The van der Waals surface area contributed by atoms with Gasteiger partial charge in [0, 0.05) is 19.0 Å². The second kappa shape index (κ2) is 7.09. The topological polar surface area (TPSA) is 64.5 Å². The Morgan fingerprint density at radius 2 is 2.04 bits per heavy atom. The lowest BCUT2D eigenvalue weighted by molar-refractivity contribution is 0.0987. The molecule has 1 atom stereocenters. The Balaban J connectivity index is 1.47. The molecule has 0 bridgehead atoms. The fraction of sp³-hybridized carbons (Fsp3) is 0.353. The highest BCUT2D eigenvalue weighted by atomic mass is 16.6. The first-order valence-corrected chi connectivity index (χ1v) is 7.63. The van der Waals surface area contributed by atoms with E-state index in [9.17, 15) is 4.79 Å². The van der Waals surface area contributed by atoms with Gasteiger partial charge in [0.05, 0.1) is 12.2 Å². The van der Waals surface area contributed by atoms with E-state index in [1.54, 1.807) is 11.0 Å². The second-order valence-electron chi connectivity index (χ2n) is 5.53. The molecule has 23 heavy (non-hydrogen) atoms. The minimum Gasteiger partial charge on any atom is -0.471 e. The van der Waals surface area contributed by atoms with Gasteiger partial charge in [0.15, 0.2) is 0 Å². The van der Waals surface area contributed by atoms with E-state index < -0.39 is 0 Å². The molecular weight excluding hydrogens is 294 g/mol. The molecule has 1 amide bonds. The summed E-state index contributed by atoms with van der Waals surface area (Å²) in [6.07, 6.45) is 0.377. The van der Waals surface area contributed by atoms with Crippen LogP contribution in [-0.4, -0.2) is 40.4 Å². The van der Waals surface area contributed by atoms with Crippen molar-refractivity contribution in [2.24, 2.45) is 0 Å². The lowest BCUT2D eigenvalue weighted by atomic mass is 10.2. The molecule has 120 valence electrons. The number of hydrogen-bond acceptors (Lipinski definition) is 5. The largest absolute Gasteiger partial charge is 0.471 e. The molecule has 0 radical (unpaired) electrons. The highest BCUT2D eigenvalue weighted by Crippen LogP contribution is 2.17. The Morgan fingerprint density at radius 3 is 2.78 bits per heavy atom. The monoisotopic (exact) mass is 313 g/mol. The van der Waals surface area contributed by atoms with Crippen LogP contribution in [0.4, 0.5) is 4.79 Å². The number of carbonyl (C=O) groups excluding carboxylic acids is 1. The molecule has 2 aromatic rings. The van der Waals surface area contributed by atoms with Gasteiger partial charge in [-0.2, -0.15) is 5.10 Å². The van der Waals surface area contributed by atoms with Crippen LogP contribution in [0, 0.1) is 6.92 Å². The van der Waals surface area contributed by atoms with Gasteiger partial charge in [-0.05, 0) is 18.6 Å². The van der Waals surface area contributed by atoms with Gasteiger partial charge in [-0.3, -0.25) is 0 Å². The Hall–Kier alpha value is -2.63. The van der Waals surface area contributed by atoms with E-state index in [0.29, 0.717) is 19.0 Å². The van der Waals surface area contributed by atoms with Crippen LogP contribution in [0.5, 0.6) is 5.88 Å². The molecule has 1 saturated heterocycles. The summed E-state index contributed by atoms with van der Waals surface area (Å²) in [6.45, 7) is 3.28. The molecule has 1 unspecified atom stereocenters. The van der Waals surface area contributed by atoms with Crippen LogP contribution in [0.3, 0.4) is 0 Å². The third-order valence-electron chi connectivity index (χ3n) is 3.67. The van der Waals surface area contributed by atoms with Gasteiger partial charge in [-0.1, -0.05) is 30.3 Å². The molecule has 1 fully saturated rings. The summed E-state index contributed by atoms with van der Waals surface area (Å²) in [6, 6.07) is 13.3. The van der Waals surface area contributed by atoms with E-state index in [1.165, 1.54) is 0 Å². The number of nitrogens with zero attached hydrogens (tertiary/aromatic N) is 3. The maximum atomic E-state index is 12.1. The predicted octanol–water partition coefficient (Wildman–Crippen LogP) is 2.57. The number of amides is 1. The minimum absolute atomic E-state index is 0.0729. The van der Waals surface area contributed by atoms with Crippen LogP contribution < -0.4 is 4.74 Å². The third-order valence-corrected chi connectivity index (χ3v) is 3.67. The van der Waals surface area contributed by atoms with Gasteiger partial charge in [-0.15, -0.1) is 5.10 Å². The van der Waals surface area contributed by atoms with E-state index in [-0.39, 0.29) is 18.8 Å². The zero-order valence-corrected chi connectivity index (χ0v) is 13.0. The van der Waals surface area contributed by atoms with Crippen LogP contribution in [0.1, 0.15) is 17.7 Å². The SMILES string of the molecule is Cc1ccc(OC2CCN(C(=O)OCc3ccccc3)C2)nn1. The maximum absolute atomic E-state index is 12.1. The fourth-order valence-electron chi connectivity index (χ4n) is 2.42. The van der Waals surface area contributed by atoms with Crippen molar-refractivity contribution in [1.29, 1.82) is 0 Å². The lowest BCUT2D eigenvalue weighted by Crippen LogP contribution is -2.31. The van der Waals surface area contributed by atoms with E-state index in [0.717, 1.165) is 17.7 Å². The number of aromatic nitrogens is 2. The van der Waals surface area contributed by atoms with E-state index >= 15 is 0 Å². The Labute approximate surface area is 135 Å². The number of aryl methyl sites for hydroxylation is 1. The summed E-state index contributed by atoms with van der Waals surface area (Å²) < 4.78 is 11.1. The van der Waals surface area contributed by atoms with E-state index in [2.05, 4.69) is 10.2 Å². The Morgan fingerprint density at radius 1 is 1.22 bits per heavy atom. The number of carbonyl (C=O) groups is 1. The highest BCUT2D eigenvalue weighted by molar-refractivity contribution is 5.68. The predicted molar refractivity (Wildman–Crippen MR) is 84.0 cm³/mol. The Kier molecular flexibility index (Phi) is 4.71. The summed E-state index contributed by atoms with van der Waals surface area (Å²) in [5.41, 5.74) is 1.82. The highest BCUT2D eigenvalue weighted by Gasteiger charge is 2.29. The van der Waals surface area contributed by atoms with E-state index in [4.69, 9.17) is 9.47 Å². The van der Waals surface area contributed by atoms with Crippen LogP contribution in [0.15, 0.2) is 42.5 Å². The van der Waals surface area contributed by atoms with Gasteiger partial charge in [-0.25, -0.2) is 4.79 Å². The summed E-state index contributed by atoms with van der Waals surface area (Å²) in [5.74, 6) is 0.486. The van der Waals surface area contributed by atoms with Crippen molar-refractivity contribution in [3.63, 3.8) is 0 Å². The molecule has 1 aromatic carbocycles. The fourth-order valence-corrected chi connectivity index (χ4v) is 2.42. The van der Waals surface area contributed by atoms with Crippen LogP contribution in [0.2, 0.25) is 0 Å². The van der Waals surface area contributed by atoms with E-state index in [1.807, 2.05) is 43.3 Å². The zero-order valence-electron chi connectivity index (χ0n) is 13.0. The lowest BCUT2D eigenvalue weighted by Gasteiger charge is -2.16. The molecule has 1 aliphatic rings. The summed E-state index contributed by atoms with van der Waals surface area (Å²) in [7, 11) is 0. The molecule has 0 N–H and O–H groups in total. The van der Waals surface area contributed by atoms with Crippen molar-refractivity contribution in [2.45, 2.75) is 26.1 Å². The number of rotatable bonds is 4. The number of benzene rings is 1. The van der Waals surface area contributed by atoms with Crippen molar-refractivity contribution in [3.05, 3.63) is 53.7 Å². The number of likely N-dealkylation sites (tertiary alicyclic amines) is 1. The molecule has 3 rings (SSSR count). The zero-order chi connectivity index (χ0) is 16.1. The molecule has 2 heterocycles. The molecule has 6 nitrogen and oxygen atoms in total. The third kappa shape index (κ3) is 4.18. The standard InChI is InChI=1S/C17H19N3O3/c1-13-7-8-16(19-18-13)23-15-9-10-20(11-15)17(21)22-12-14-5-3-2-4-6-14/h2-8,15H,9-12H2,1H3. The average Bonchev–Trinajstić information content (AvgIpc) is 3.04. The smallest absolute Gasteiger partial charge is 0.410 e. The maximum Gasteiger partial charge on any atom is 0.410 e. The van der Waals surface area contributed by atoms with Gasteiger partial charge in [0.25, 0.3) is 0 Å². The molecule has 0 spiro atoms. The molecule has 1 aliphatic heterocycles. The first-order valence-electron chi connectivity index (χ1n) is 7.63. The van der Waals surface area contributed by atoms with Crippen molar-refractivity contribution in [2.75, 3.05) is 13.1 Å². The van der Waals surface area contributed by atoms with Gasteiger partial charge < -0.3 is 14.4 Å². The molecular formula is C17H19N3O3. The first-order chi connectivity index (χ1) is 11.2. The molecule has 6 heteroatoms. The van der Waals surface area contributed by atoms with Crippen molar-refractivity contribution >= 4 is 6.09 Å². The number of hydrogen-bond donors (Lipinski definition) is 0.